The average Bonchev–Trinajstić information content (AvgIpc) is 3.46. The van der Waals surface area contributed by atoms with Gasteiger partial charge in [-0.05, 0) is 0 Å². The van der Waals surface area contributed by atoms with E-state index in [1.54, 1.807) is 0 Å². The van der Waals surface area contributed by atoms with Crippen molar-refractivity contribution in [2.24, 2.45) is 0 Å². The number of rotatable bonds is 5. The molecule has 0 amide bonds. The standard InChI is InChI=1S/C15H12SSe.C14H9IS2Se/c1-11-7-8-14-13(9-11)15(10-16-14)17-12-5-3-2-4-6-12;15-17-14-13(18-10-6-2-1-3-7-10)11-8-4-5-9-12(11)16-14/h2-10H,1H3;1-9H. The first-order valence-corrected chi connectivity index (χ1v) is 19.4. The summed E-state index contributed by atoms with van der Waals surface area (Å²) in [5.41, 5.74) is 1.35. The summed E-state index contributed by atoms with van der Waals surface area (Å²) in [5, 5.41) is 5.20. The minimum atomic E-state index is 0.397. The summed E-state index contributed by atoms with van der Waals surface area (Å²) in [5.74, 6) is 0. The summed E-state index contributed by atoms with van der Waals surface area (Å²) in [6.07, 6.45) is 0. The van der Waals surface area contributed by atoms with Crippen molar-refractivity contribution in [3.63, 3.8) is 0 Å². The van der Waals surface area contributed by atoms with E-state index in [0.29, 0.717) is 29.9 Å². The van der Waals surface area contributed by atoms with Gasteiger partial charge in [0.1, 0.15) is 0 Å². The van der Waals surface area contributed by atoms with Crippen molar-refractivity contribution < 1.29 is 0 Å². The van der Waals surface area contributed by atoms with Gasteiger partial charge in [0.15, 0.2) is 0 Å². The van der Waals surface area contributed by atoms with Crippen LogP contribution in [0.1, 0.15) is 5.56 Å². The molecule has 6 rings (SSSR count). The van der Waals surface area contributed by atoms with E-state index in [0.717, 1.165) is 0 Å². The molecule has 2 heterocycles. The van der Waals surface area contributed by atoms with E-state index in [-0.39, 0.29) is 0 Å². The van der Waals surface area contributed by atoms with Crippen molar-refractivity contribution in [1.29, 1.82) is 0 Å². The first-order chi connectivity index (χ1) is 17.2. The summed E-state index contributed by atoms with van der Waals surface area (Å²) in [6.45, 7) is 2.16. The van der Waals surface area contributed by atoms with Gasteiger partial charge in [-0.15, -0.1) is 0 Å². The number of aryl methyl sites for hydroxylation is 1. The van der Waals surface area contributed by atoms with Crippen LogP contribution in [0.4, 0.5) is 0 Å². The molecule has 0 unspecified atom stereocenters. The van der Waals surface area contributed by atoms with Crippen LogP contribution in [0.5, 0.6) is 0 Å². The van der Waals surface area contributed by atoms with Gasteiger partial charge in [0, 0.05) is 0 Å². The minimum absolute atomic E-state index is 0.397. The van der Waals surface area contributed by atoms with Gasteiger partial charge in [0.2, 0.25) is 0 Å². The van der Waals surface area contributed by atoms with Gasteiger partial charge in [0.25, 0.3) is 0 Å². The first-order valence-electron chi connectivity index (χ1n) is 10.9. The molecule has 0 nitrogen and oxygen atoms in total. The van der Waals surface area contributed by atoms with Crippen LogP contribution in [-0.2, 0) is 0 Å². The predicted octanol–water partition coefficient (Wildman–Crippen LogP) is 6.86. The fraction of sp³-hybridized carbons (Fsp3) is 0.0345. The van der Waals surface area contributed by atoms with Gasteiger partial charge in [-0.2, -0.15) is 0 Å². The molecule has 35 heavy (non-hydrogen) atoms. The van der Waals surface area contributed by atoms with Crippen LogP contribution in [0, 0.1) is 6.92 Å². The Labute approximate surface area is 243 Å². The maximum atomic E-state index is 2.39. The molecule has 0 aliphatic carbocycles. The van der Waals surface area contributed by atoms with E-state index in [1.807, 2.05) is 31.6 Å². The molecule has 0 saturated heterocycles. The van der Waals surface area contributed by atoms with Gasteiger partial charge in [-0.1, -0.05) is 0 Å². The maximum absolute atomic E-state index is 2.39. The Kier molecular flexibility index (Phi) is 9.09. The van der Waals surface area contributed by atoms with Crippen molar-refractivity contribution in [3.8, 4) is 0 Å². The predicted molar refractivity (Wildman–Crippen MR) is 171 cm³/mol. The molecular weight excluding hydrogens is 729 g/mol. The topological polar surface area (TPSA) is 0 Å². The van der Waals surface area contributed by atoms with Crippen LogP contribution in [-0.4, -0.2) is 29.9 Å². The monoisotopic (exact) mass is 752 g/mol. The molecule has 0 bridgehead atoms. The van der Waals surface area contributed by atoms with Crippen LogP contribution in [0.2, 0.25) is 0 Å². The van der Waals surface area contributed by atoms with E-state index >= 15 is 0 Å². The second kappa shape index (κ2) is 12.4. The molecule has 2 aromatic heterocycles. The second-order valence-electron chi connectivity index (χ2n) is 7.72. The molecule has 0 radical (unpaired) electrons. The molecule has 0 aliphatic rings. The summed E-state index contributed by atoms with van der Waals surface area (Å²) in [4.78, 5) is 0. The van der Waals surface area contributed by atoms with Gasteiger partial charge >= 0.3 is 246 Å². The third-order valence-electron chi connectivity index (χ3n) is 5.22. The number of benzene rings is 4. The van der Waals surface area contributed by atoms with Crippen molar-refractivity contribution in [1.82, 2.24) is 0 Å². The summed E-state index contributed by atoms with van der Waals surface area (Å²) >= 11 is 6.99. The quantitative estimate of drug-likeness (QED) is 0.137. The SMILES string of the molecule is Cc1ccc2scc([Se]c3ccccc3)c2c1.ISc1sc2ccccc2c1[Se]c1ccccc1. The zero-order valence-corrected chi connectivity index (χ0v) is 26.8. The van der Waals surface area contributed by atoms with E-state index < -0.39 is 0 Å². The molecule has 0 saturated carbocycles. The van der Waals surface area contributed by atoms with Crippen LogP contribution < -0.4 is 17.8 Å². The fourth-order valence-corrected chi connectivity index (χ4v) is 13.8. The van der Waals surface area contributed by atoms with Crippen molar-refractivity contribution in [3.05, 3.63) is 114 Å². The number of thiophene rings is 2. The summed E-state index contributed by atoms with van der Waals surface area (Å²) in [6, 6.07) is 37.0. The van der Waals surface area contributed by atoms with Crippen LogP contribution >= 0.6 is 52.8 Å². The van der Waals surface area contributed by atoms with Crippen LogP contribution in [0.25, 0.3) is 20.2 Å². The van der Waals surface area contributed by atoms with E-state index in [9.17, 15) is 0 Å². The summed E-state index contributed by atoms with van der Waals surface area (Å²) in [7, 11) is 1.84. The van der Waals surface area contributed by atoms with Gasteiger partial charge in [-0.3, -0.25) is 0 Å². The Bertz CT molecular complexity index is 1540. The van der Waals surface area contributed by atoms with Crippen molar-refractivity contribution >= 4 is 121 Å². The third-order valence-corrected chi connectivity index (χ3v) is 15.7. The van der Waals surface area contributed by atoms with Crippen LogP contribution in [0.3, 0.4) is 0 Å². The number of halogens is 1. The molecule has 0 N–H and O–H groups in total. The zero-order chi connectivity index (χ0) is 24.0. The van der Waals surface area contributed by atoms with Gasteiger partial charge in [-0.25, -0.2) is 0 Å². The number of fused-ring (bicyclic) bond motifs is 2. The zero-order valence-electron chi connectivity index (χ0n) is 18.8. The molecule has 0 fully saturated rings. The molecule has 6 aromatic rings. The Morgan fingerprint density at radius 3 is 2.06 bits per heavy atom. The molecule has 0 spiro atoms. The number of hydrogen-bond acceptors (Lipinski definition) is 3. The Hall–Kier alpha value is -1.08. The Morgan fingerprint density at radius 2 is 1.34 bits per heavy atom. The van der Waals surface area contributed by atoms with Crippen molar-refractivity contribution in [2.45, 2.75) is 11.1 Å². The molecule has 0 aliphatic heterocycles. The first kappa shape index (κ1) is 25.6. The van der Waals surface area contributed by atoms with Crippen molar-refractivity contribution in [2.75, 3.05) is 0 Å². The van der Waals surface area contributed by atoms with Gasteiger partial charge in [0.05, 0.1) is 0 Å². The normalized spacial score (nSPS) is 10.9. The molecule has 6 heteroatoms. The molecular formula is C29H21IS3Se2. The third kappa shape index (κ3) is 6.44. The van der Waals surface area contributed by atoms with Gasteiger partial charge < -0.3 is 0 Å². The molecule has 174 valence electrons. The van der Waals surface area contributed by atoms with E-state index in [1.165, 1.54) is 47.8 Å². The number of hydrogen-bond donors (Lipinski definition) is 0. The molecule has 0 atom stereocenters. The van der Waals surface area contributed by atoms with Crippen LogP contribution in [0.15, 0.2) is 113 Å². The van der Waals surface area contributed by atoms with E-state index in [4.69, 9.17) is 0 Å². The average molecular weight is 751 g/mol. The summed E-state index contributed by atoms with van der Waals surface area (Å²) < 4.78 is 10.2. The van der Waals surface area contributed by atoms with E-state index in [2.05, 4.69) is 137 Å². The molecule has 4 aromatic carbocycles. The second-order valence-corrected chi connectivity index (χ2v) is 16.4. The Morgan fingerprint density at radius 1 is 0.686 bits per heavy atom. The fourth-order valence-electron chi connectivity index (χ4n) is 3.57. The Balaban J connectivity index is 0.000000145.